The molecule has 0 amide bonds. The van der Waals surface area contributed by atoms with Crippen LogP contribution in [0.5, 0.6) is 0 Å². The molecule has 1 N–H and O–H groups in total. The van der Waals surface area contributed by atoms with Gasteiger partial charge in [0, 0.05) is 24.8 Å². The summed E-state index contributed by atoms with van der Waals surface area (Å²) >= 11 is 0. The zero-order valence-corrected chi connectivity index (χ0v) is 7.07. The third kappa shape index (κ3) is 3.56. The summed E-state index contributed by atoms with van der Waals surface area (Å²) in [6.45, 7) is 2.04. The lowest BCUT2D eigenvalue weighted by Gasteiger charge is -1.82. The van der Waals surface area contributed by atoms with Crippen molar-refractivity contribution >= 4 is 0 Å². The molecule has 0 aliphatic heterocycles. The summed E-state index contributed by atoms with van der Waals surface area (Å²) < 4.78 is 0. The summed E-state index contributed by atoms with van der Waals surface area (Å²) in [5.74, 6) is 0. The highest BCUT2D eigenvalue weighted by Gasteiger charge is 1.72. The van der Waals surface area contributed by atoms with E-state index in [1.807, 2.05) is 43.6 Å². The molecule has 2 nitrogen and oxygen atoms in total. The molecule has 0 aliphatic rings. The maximum Gasteiger partial charge on any atom is 0.0270 e. The Morgan fingerprint density at radius 2 is 1.67 bits per heavy atom. The number of aryl methyl sites for hydroxylation is 1. The largest absolute Gasteiger partial charge is 0.368 e. The van der Waals surface area contributed by atoms with Gasteiger partial charge in [-0.1, -0.05) is 0 Å². The second-order valence-corrected chi connectivity index (χ2v) is 2.41. The molecule has 2 rings (SSSR count). The Morgan fingerprint density at radius 1 is 1.08 bits per heavy atom. The fourth-order valence-corrected chi connectivity index (χ4v) is 0.704. The van der Waals surface area contributed by atoms with Crippen LogP contribution in [-0.2, 0) is 0 Å². The molecular formula is C10H12N2. The van der Waals surface area contributed by atoms with E-state index in [0.29, 0.717) is 0 Å². The van der Waals surface area contributed by atoms with E-state index in [1.165, 1.54) is 5.56 Å². The highest BCUT2D eigenvalue weighted by molar-refractivity contribution is 5.05. The van der Waals surface area contributed by atoms with Gasteiger partial charge in [0.05, 0.1) is 0 Å². The number of nitrogens with zero attached hydrogens (tertiary/aromatic N) is 1. The van der Waals surface area contributed by atoms with Gasteiger partial charge in [-0.15, -0.1) is 0 Å². The van der Waals surface area contributed by atoms with Crippen molar-refractivity contribution in [3.63, 3.8) is 0 Å². The Morgan fingerprint density at radius 3 is 1.92 bits per heavy atom. The molecule has 0 saturated heterocycles. The molecule has 0 spiro atoms. The van der Waals surface area contributed by atoms with Crippen molar-refractivity contribution in [1.29, 1.82) is 0 Å². The van der Waals surface area contributed by atoms with E-state index >= 15 is 0 Å². The molecule has 0 atom stereocenters. The highest BCUT2D eigenvalue weighted by Crippen LogP contribution is 1.88. The number of pyridine rings is 1. The quantitative estimate of drug-likeness (QED) is 0.630. The van der Waals surface area contributed by atoms with Crippen LogP contribution in [0.3, 0.4) is 0 Å². The number of hydrogen-bond acceptors (Lipinski definition) is 1. The molecule has 12 heavy (non-hydrogen) atoms. The molecule has 0 fully saturated rings. The molecule has 2 heterocycles. The number of H-pyrrole nitrogens is 1. The van der Waals surface area contributed by atoms with Crippen LogP contribution in [0.25, 0.3) is 0 Å². The molecule has 0 radical (unpaired) electrons. The summed E-state index contributed by atoms with van der Waals surface area (Å²) in [6.07, 6.45) is 7.32. The lowest BCUT2D eigenvalue weighted by atomic mass is 10.3. The monoisotopic (exact) mass is 160 g/mol. The molecule has 0 saturated carbocycles. The third-order valence-corrected chi connectivity index (χ3v) is 1.34. The average molecular weight is 160 g/mol. The zero-order valence-electron chi connectivity index (χ0n) is 7.07. The van der Waals surface area contributed by atoms with Crippen molar-refractivity contribution in [2.75, 3.05) is 0 Å². The van der Waals surface area contributed by atoms with Crippen LogP contribution >= 0.6 is 0 Å². The number of nitrogens with one attached hydrogen (secondary N) is 1. The lowest BCUT2D eigenvalue weighted by molar-refractivity contribution is 1.29. The van der Waals surface area contributed by atoms with E-state index in [0.717, 1.165) is 0 Å². The standard InChI is InChI=1S/C6H7N.C4H5N/c1-6-2-4-7-5-3-6;1-2-4-5-3-1/h2-5H,1H3;1-5H. The van der Waals surface area contributed by atoms with Gasteiger partial charge in [0.2, 0.25) is 0 Å². The maximum absolute atomic E-state index is 3.85. The van der Waals surface area contributed by atoms with Crippen molar-refractivity contribution in [3.8, 4) is 0 Å². The van der Waals surface area contributed by atoms with Crippen LogP contribution in [0, 0.1) is 6.92 Å². The summed E-state index contributed by atoms with van der Waals surface area (Å²) in [5.41, 5.74) is 1.26. The van der Waals surface area contributed by atoms with Crippen molar-refractivity contribution in [2.24, 2.45) is 0 Å². The van der Waals surface area contributed by atoms with Crippen molar-refractivity contribution in [3.05, 3.63) is 54.6 Å². The molecule has 62 valence electrons. The molecule has 0 aliphatic carbocycles. The zero-order chi connectivity index (χ0) is 8.65. The van der Waals surface area contributed by atoms with Crippen LogP contribution in [0.1, 0.15) is 5.56 Å². The predicted octanol–water partition coefficient (Wildman–Crippen LogP) is 2.40. The van der Waals surface area contributed by atoms with Gasteiger partial charge in [-0.2, -0.15) is 0 Å². The Hall–Kier alpha value is -1.57. The predicted molar refractivity (Wildman–Crippen MR) is 49.8 cm³/mol. The van der Waals surface area contributed by atoms with Gasteiger partial charge in [-0.25, -0.2) is 0 Å². The maximum atomic E-state index is 3.85. The van der Waals surface area contributed by atoms with Gasteiger partial charge in [-0.3, -0.25) is 4.98 Å². The first kappa shape index (κ1) is 8.53. The topological polar surface area (TPSA) is 28.7 Å². The smallest absolute Gasteiger partial charge is 0.0270 e. The first-order valence-corrected chi connectivity index (χ1v) is 3.84. The third-order valence-electron chi connectivity index (χ3n) is 1.34. The molecule has 0 aromatic carbocycles. The molecule has 0 unspecified atom stereocenters. The first-order chi connectivity index (χ1) is 5.89. The Kier molecular flexibility index (Phi) is 3.64. The summed E-state index contributed by atoms with van der Waals surface area (Å²) in [6, 6.07) is 7.83. The van der Waals surface area contributed by atoms with E-state index < -0.39 is 0 Å². The fourth-order valence-electron chi connectivity index (χ4n) is 0.704. The van der Waals surface area contributed by atoms with Gasteiger partial charge in [0.1, 0.15) is 0 Å². The number of rotatable bonds is 0. The molecule has 0 bridgehead atoms. The van der Waals surface area contributed by atoms with E-state index in [4.69, 9.17) is 0 Å². The van der Waals surface area contributed by atoms with Gasteiger partial charge >= 0.3 is 0 Å². The average Bonchev–Trinajstić information content (AvgIpc) is 2.62. The number of aromatic nitrogens is 2. The molecule has 2 heteroatoms. The van der Waals surface area contributed by atoms with Crippen LogP contribution in [0.15, 0.2) is 49.1 Å². The van der Waals surface area contributed by atoms with Gasteiger partial charge in [0.25, 0.3) is 0 Å². The minimum atomic E-state index is 1.26. The summed E-state index contributed by atoms with van der Waals surface area (Å²) in [5, 5.41) is 0. The van der Waals surface area contributed by atoms with Gasteiger partial charge in [-0.05, 0) is 36.8 Å². The number of aromatic amines is 1. The molecule has 2 aromatic rings. The van der Waals surface area contributed by atoms with Crippen LogP contribution < -0.4 is 0 Å². The molecule has 2 aromatic heterocycles. The van der Waals surface area contributed by atoms with E-state index in [9.17, 15) is 0 Å². The van der Waals surface area contributed by atoms with E-state index in [-0.39, 0.29) is 0 Å². The minimum absolute atomic E-state index is 1.26. The summed E-state index contributed by atoms with van der Waals surface area (Å²) in [4.78, 5) is 6.71. The van der Waals surface area contributed by atoms with Crippen molar-refractivity contribution in [2.45, 2.75) is 6.92 Å². The van der Waals surface area contributed by atoms with Crippen LogP contribution in [-0.4, -0.2) is 9.97 Å². The first-order valence-electron chi connectivity index (χ1n) is 3.84. The van der Waals surface area contributed by atoms with E-state index in [2.05, 4.69) is 9.97 Å². The van der Waals surface area contributed by atoms with Crippen LogP contribution in [0.4, 0.5) is 0 Å². The number of hydrogen-bond donors (Lipinski definition) is 1. The Labute approximate surface area is 72.3 Å². The highest BCUT2D eigenvalue weighted by atomic mass is 14.6. The summed E-state index contributed by atoms with van der Waals surface area (Å²) in [7, 11) is 0. The Balaban J connectivity index is 0.000000127. The van der Waals surface area contributed by atoms with Gasteiger partial charge in [0.15, 0.2) is 0 Å². The minimum Gasteiger partial charge on any atom is -0.368 e. The normalized spacial score (nSPS) is 8.42. The van der Waals surface area contributed by atoms with Crippen LogP contribution in [0.2, 0.25) is 0 Å². The fraction of sp³-hybridized carbons (Fsp3) is 0.100. The SMILES string of the molecule is Cc1ccncc1.c1cc[nH]c1. The Bertz CT molecular complexity index is 257. The van der Waals surface area contributed by atoms with Crippen molar-refractivity contribution < 1.29 is 0 Å². The van der Waals surface area contributed by atoms with E-state index in [1.54, 1.807) is 12.4 Å². The van der Waals surface area contributed by atoms with Gasteiger partial charge < -0.3 is 4.98 Å². The molecular weight excluding hydrogens is 148 g/mol. The second-order valence-electron chi connectivity index (χ2n) is 2.41. The second kappa shape index (κ2) is 5.13. The van der Waals surface area contributed by atoms with Crippen molar-refractivity contribution in [1.82, 2.24) is 9.97 Å². The lowest BCUT2D eigenvalue weighted by Crippen LogP contribution is -1.68.